The molecule has 1 saturated heterocycles. The highest BCUT2D eigenvalue weighted by Crippen LogP contribution is 2.34. The van der Waals surface area contributed by atoms with Gasteiger partial charge in [-0.1, -0.05) is 36.4 Å². The Balaban J connectivity index is 1.53. The second-order valence-electron chi connectivity index (χ2n) is 7.75. The average molecular weight is 367 g/mol. The molecule has 4 rings (SSSR count). The molecule has 0 aromatic heterocycles. The fourth-order valence-electron chi connectivity index (χ4n) is 3.99. The number of nitrogens with one attached hydrogen (secondary N) is 1. The van der Waals surface area contributed by atoms with E-state index in [2.05, 4.69) is 11.4 Å². The quantitative estimate of drug-likeness (QED) is 0.814. The van der Waals surface area contributed by atoms with Crippen LogP contribution in [0.1, 0.15) is 51.0 Å². The third-order valence-electron chi connectivity index (χ3n) is 5.68. The molecule has 27 heavy (non-hydrogen) atoms. The van der Waals surface area contributed by atoms with Gasteiger partial charge >= 0.3 is 6.03 Å². The lowest BCUT2D eigenvalue weighted by atomic mass is 9.92. The van der Waals surface area contributed by atoms with Crippen molar-refractivity contribution in [3.8, 4) is 0 Å². The molecule has 142 valence electrons. The molecule has 1 saturated carbocycles. The lowest BCUT2D eigenvalue weighted by Gasteiger charge is -2.29. The molecular formula is C21H25N3O3. The topological polar surface area (TPSA) is 69.7 Å². The molecule has 2 fully saturated rings. The summed E-state index contributed by atoms with van der Waals surface area (Å²) in [5.74, 6) is -0.535. The summed E-state index contributed by atoms with van der Waals surface area (Å²) in [5.41, 5.74) is 0.645. The van der Waals surface area contributed by atoms with E-state index < -0.39 is 11.6 Å². The van der Waals surface area contributed by atoms with E-state index in [-0.39, 0.29) is 24.4 Å². The van der Waals surface area contributed by atoms with E-state index in [1.807, 2.05) is 35.2 Å². The zero-order valence-electron chi connectivity index (χ0n) is 15.6. The fourth-order valence-corrected chi connectivity index (χ4v) is 3.99. The number of hydrogen-bond donors (Lipinski definition) is 1. The van der Waals surface area contributed by atoms with E-state index in [1.165, 1.54) is 0 Å². The molecule has 0 spiro atoms. The van der Waals surface area contributed by atoms with Gasteiger partial charge in [-0.2, -0.15) is 0 Å². The number of carbonyl (C=O) groups is 3. The van der Waals surface area contributed by atoms with E-state index in [4.69, 9.17) is 0 Å². The number of amides is 4. The first-order chi connectivity index (χ1) is 13.0. The summed E-state index contributed by atoms with van der Waals surface area (Å²) >= 11 is 0. The number of rotatable bonds is 5. The second kappa shape index (κ2) is 6.83. The first-order valence-electron chi connectivity index (χ1n) is 9.71. The maximum atomic E-state index is 13.0. The molecule has 4 amide bonds. The third-order valence-corrected chi connectivity index (χ3v) is 5.68. The number of benzene rings is 1. The molecule has 1 N–H and O–H groups in total. The third kappa shape index (κ3) is 3.24. The maximum absolute atomic E-state index is 13.0. The second-order valence-corrected chi connectivity index (χ2v) is 7.75. The van der Waals surface area contributed by atoms with Gasteiger partial charge in [0.2, 0.25) is 5.91 Å². The van der Waals surface area contributed by atoms with Crippen LogP contribution in [0.4, 0.5) is 4.79 Å². The lowest BCUT2D eigenvalue weighted by Crippen LogP contribution is -2.45. The van der Waals surface area contributed by atoms with Gasteiger partial charge in [-0.15, -0.1) is 0 Å². The Kier molecular flexibility index (Phi) is 4.50. The Bertz CT molecular complexity index is 800. The predicted molar refractivity (Wildman–Crippen MR) is 100 cm³/mol. The lowest BCUT2D eigenvalue weighted by molar-refractivity contribution is -0.138. The molecule has 3 aliphatic rings. The summed E-state index contributed by atoms with van der Waals surface area (Å²) in [7, 11) is 0. The summed E-state index contributed by atoms with van der Waals surface area (Å²) in [6, 6.07) is 8.87. The van der Waals surface area contributed by atoms with Crippen molar-refractivity contribution in [1.29, 1.82) is 0 Å². The summed E-state index contributed by atoms with van der Waals surface area (Å²) in [4.78, 5) is 41.5. The maximum Gasteiger partial charge on any atom is 0.325 e. The number of allylic oxidation sites excluding steroid dienone is 2. The predicted octanol–water partition coefficient (Wildman–Crippen LogP) is 2.90. The highest BCUT2D eigenvalue weighted by Gasteiger charge is 2.50. The van der Waals surface area contributed by atoms with Gasteiger partial charge in [0.05, 0.1) is 0 Å². The largest absolute Gasteiger partial charge is 0.325 e. The normalized spacial score (nSPS) is 25.2. The minimum atomic E-state index is -1.13. The van der Waals surface area contributed by atoms with Gasteiger partial charge < -0.3 is 10.2 Å². The molecule has 1 aromatic rings. The Labute approximate surface area is 159 Å². The van der Waals surface area contributed by atoms with Crippen molar-refractivity contribution in [2.45, 2.75) is 57.0 Å². The van der Waals surface area contributed by atoms with Crippen LogP contribution in [0.5, 0.6) is 0 Å². The van der Waals surface area contributed by atoms with E-state index in [0.717, 1.165) is 49.1 Å². The number of hydrogen-bond acceptors (Lipinski definition) is 3. The van der Waals surface area contributed by atoms with Gasteiger partial charge in [0, 0.05) is 11.7 Å². The van der Waals surface area contributed by atoms with E-state index in [1.54, 1.807) is 6.92 Å². The van der Waals surface area contributed by atoms with Gasteiger partial charge in [-0.05, 0) is 51.0 Å². The number of carbonyl (C=O) groups excluding carboxylic acids is 3. The molecule has 0 bridgehead atoms. The summed E-state index contributed by atoms with van der Waals surface area (Å²) < 4.78 is 0. The van der Waals surface area contributed by atoms with Crippen LogP contribution in [-0.2, 0) is 15.1 Å². The van der Waals surface area contributed by atoms with E-state index in [9.17, 15) is 14.4 Å². The zero-order chi connectivity index (χ0) is 19.0. The molecular weight excluding hydrogens is 342 g/mol. The minimum absolute atomic E-state index is 0.161. The smallest absolute Gasteiger partial charge is 0.319 e. The van der Waals surface area contributed by atoms with Gasteiger partial charge in [0.25, 0.3) is 5.91 Å². The van der Waals surface area contributed by atoms with Crippen LogP contribution in [0.25, 0.3) is 0 Å². The summed E-state index contributed by atoms with van der Waals surface area (Å²) in [6.45, 7) is 1.48. The summed E-state index contributed by atoms with van der Waals surface area (Å²) in [6.07, 6.45) is 8.23. The molecule has 1 aliphatic heterocycles. The first kappa shape index (κ1) is 17.8. The van der Waals surface area contributed by atoms with Crippen LogP contribution in [0.2, 0.25) is 0 Å². The van der Waals surface area contributed by atoms with Crippen molar-refractivity contribution >= 4 is 17.8 Å². The van der Waals surface area contributed by atoms with Crippen LogP contribution in [0, 0.1) is 0 Å². The van der Waals surface area contributed by atoms with Crippen molar-refractivity contribution in [2.75, 3.05) is 6.54 Å². The van der Waals surface area contributed by atoms with Gasteiger partial charge in [0.1, 0.15) is 12.1 Å². The number of urea groups is 1. The average Bonchev–Trinajstić information content (AvgIpc) is 3.48. The van der Waals surface area contributed by atoms with Gasteiger partial charge in [-0.25, -0.2) is 4.79 Å². The molecule has 1 unspecified atom stereocenters. The molecule has 2 aliphatic carbocycles. The highest BCUT2D eigenvalue weighted by molar-refractivity contribution is 6.09. The van der Waals surface area contributed by atoms with Crippen LogP contribution >= 0.6 is 0 Å². The fraction of sp³-hybridized carbons (Fsp3) is 0.476. The monoisotopic (exact) mass is 367 g/mol. The SMILES string of the molecule is CC1(c2ccccc2)NC(=O)N(CC(=O)N(C2=CCCCC2)C2CC2)C1=O. The van der Waals surface area contributed by atoms with Gasteiger partial charge in [0.15, 0.2) is 0 Å². The van der Waals surface area contributed by atoms with Crippen LogP contribution in [0.15, 0.2) is 42.1 Å². The molecule has 0 radical (unpaired) electrons. The van der Waals surface area contributed by atoms with Crippen LogP contribution in [0.3, 0.4) is 0 Å². The Morgan fingerprint density at radius 1 is 1.22 bits per heavy atom. The molecule has 1 heterocycles. The highest BCUT2D eigenvalue weighted by atomic mass is 16.2. The van der Waals surface area contributed by atoms with E-state index >= 15 is 0 Å². The molecule has 6 nitrogen and oxygen atoms in total. The minimum Gasteiger partial charge on any atom is -0.319 e. The van der Waals surface area contributed by atoms with Gasteiger partial charge in [-0.3, -0.25) is 14.5 Å². The van der Waals surface area contributed by atoms with Crippen molar-refractivity contribution < 1.29 is 14.4 Å². The zero-order valence-corrected chi connectivity index (χ0v) is 15.6. The van der Waals surface area contributed by atoms with Crippen molar-refractivity contribution in [1.82, 2.24) is 15.1 Å². The Morgan fingerprint density at radius 2 is 1.96 bits per heavy atom. The first-order valence-corrected chi connectivity index (χ1v) is 9.71. The molecule has 1 aromatic carbocycles. The van der Waals surface area contributed by atoms with E-state index in [0.29, 0.717) is 5.56 Å². The molecule has 6 heteroatoms. The Morgan fingerprint density at radius 3 is 2.59 bits per heavy atom. The van der Waals surface area contributed by atoms with Crippen molar-refractivity contribution in [3.63, 3.8) is 0 Å². The van der Waals surface area contributed by atoms with Crippen molar-refractivity contribution in [2.24, 2.45) is 0 Å². The van der Waals surface area contributed by atoms with Crippen molar-refractivity contribution in [3.05, 3.63) is 47.7 Å². The van der Waals surface area contributed by atoms with Crippen LogP contribution in [-0.4, -0.2) is 40.2 Å². The summed E-state index contributed by atoms with van der Waals surface area (Å²) in [5, 5.41) is 2.77. The Hall–Kier alpha value is -2.63. The van der Waals surface area contributed by atoms with Crippen LogP contribution < -0.4 is 5.32 Å². The number of nitrogens with zero attached hydrogens (tertiary/aromatic N) is 2. The standard InChI is InChI=1S/C21H25N3O3/c1-21(15-8-4-2-5-9-15)19(26)23(20(27)22-21)14-18(25)24(17-12-13-17)16-10-6-3-7-11-16/h2,4-5,8-10,17H,3,6-7,11-14H2,1H3,(H,22,27). The molecule has 1 atom stereocenters. The number of imide groups is 1.